The Labute approximate surface area is 139 Å². The van der Waals surface area contributed by atoms with Gasteiger partial charge >= 0.3 is 0 Å². The van der Waals surface area contributed by atoms with Gasteiger partial charge in [-0.3, -0.25) is 10.1 Å². The number of aromatic nitrogens is 2. The van der Waals surface area contributed by atoms with Crippen molar-refractivity contribution >= 4 is 34.1 Å². The Balaban J connectivity index is 1.94. The van der Waals surface area contributed by atoms with E-state index in [0.29, 0.717) is 16.6 Å². The van der Waals surface area contributed by atoms with Crippen LogP contribution in [0.25, 0.3) is 0 Å². The number of rotatable bonds is 7. The van der Waals surface area contributed by atoms with E-state index >= 15 is 0 Å². The van der Waals surface area contributed by atoms with Gasteiger partial charge in [-0.25, -0.2) is 0 Å². The van der Waals surface area contributed by atoms with E-state index in [1.54, 1.807) is 11.8 Å². The summed E-state index contributed by atoms with van der Waals surface area (Å²) in [6.07, 6.45) is 2.33. The predicted molar refractivity (Wildman–Crippen MR) is 94.0 cm³/mol. The molecule has 0 bridgehead atoms. The number of thioether (sulfide) groups is 1. The Bertz CT molecular complexity index is 608. The molecule has 1 aromatic carbocycles. The van der Waals surface area contributed by atoms with Gasteiger partial charge in [0, 0.05) is 11.3 Å². The van der Waals surface area contributed by atoms with Crippen molar-refractivity contribution < 1.29 is 4.79 Å². The van der Waals surface area contributed by atoms with Crippen LogP contribution in [-0.2, 0) is 0 Å². The van der Waals surface area contributed by atoms with Crippen LogP contribution in [-0.4, -0.2) is 21.9 Å². The third-order valence-electron chi connectivity index (χ3n) is 3.19. The molecule has 0 saturated heterocycles. The van der Waals surface area contributed by atoms with Crippen molar-refractivity contribution in [2.45, 2.75) is 43.9 Å². The summed E-state index contributed by atoms with van der Waals surface area (Å²) in [5, 5.41) is 11.5. The first-order chi connectivity index (χ1) is 10.6. The summed E-state index contributed by atoms with van der Waals surface area (Å²) >= 11 is 3.11. The SMILES string of the molecule is CCCCSc1nnc(NC(=O)c2ccc(C(C)C)cc2)s1. The molecule has 2 aromatic rings. The summed E-state index contributed by atoms with van der Waals surface area (Å²) in [4.78, 5) is 12.2. The summed E-state index contributed by atoms with van der Waals surface area (Å²) < 4.78 is 0.902. The summed E-state index contributed by atoms with van der Waals surface area (Å²) in [6, 6.07) is 7.68. The standard InChI is InChI=1S/C16H21N3OS2/c1-4-5-10-21-16-19-18-15(22-16)17-14(20)13-8-6-12(7-9-13)11(2)3/h6-9,11H,4-5,10H2,1-3H3,(H,17,18,20). The van der Waals surface area contributed by atoms with Crippen LogP contribution in [0, 0.1) is 0 Å². The predicted octanol–water partition coefficient (Wildman–Crippen LogP) is 4.81. The van der Waals surface area contributed by atoms with Crippen molar-refractivity contribution in [1.82, 2.24) is 10.2 Å². The molecule has 0 aliphatic rings. The fourth-order valence-corrected chi connectivity index (χ4v) is 3.71. The van der Waals surface area contributed by atoms with Gasteiger partial charge in [0.05, 0.1) is 0 Å². The Hall–Kier alpha value is -1.40. The molecule has 0 saturated carbocycles. The Kier molecular flexibility index (Phi) is 6.39. The molecule has 0 spiro atoms. The Morgan fingerprint density at radius 3 is 2.64 bits per heavy atom. The number of anilines is 1. The molecule has 6 heteroatoms. The van der Waals surface area contributed by atoms with E-state index < -0.39 is 0 Å². The number of unbranched alkanes of at least 4 members (excludes halogenated alkanes) is 1. The first-order valence-electron chi connectivity index (χ1n) is 7.47. The minimum absolute atomic E-state index is 0.142. The number of carbonyl (C=O) groups is 1. The van der Waals surface area contributed by atoms with Gasteiger partial charge in [0.25, 0.3) is 5.91 Å². The average Bonchev–Trinajstić information content (AvgIpc) is 2.95. The fourth-order valence-electron chi connectivity index (χ4n) is 1.81. The molecular weight excluding hydrogens is 314 g/mol. The summed E-state index contributed by atoms with van der Waals surface area (Å²) in [7, 11) is 0. The average molecular weight is 335 g/mol. The minimum Gasteiger partial charge on any atom is -0.296 e. The van der Waals surface area contributed by atoms with Crippen molar-refractivity contribution in [1.29, 1.82) is 0 Å². The molecule has 0 aliphatic heterocycles. The molecule has 0 aliphatic carbocycles. The molecule has 0 atom stereocenters. The van der Waals surface area contributed by atoms with Crippen LogP contribution in [0.5, 0.6) is 0 Å². The maximum Gasteiger partial charge on any atom is 0.257 e. The number of hydrogen-bond donors (Lipinski definition) is 1. The first-order valence-corrected chi connectivity index (χ1v) is 9.28. The topological polar surface area (TPSA) is 54.9 Å². The quantitative estimate of drug-likeness (QED) is 0.448. The minimum atomic E-state index is -0.142. The van der Waals surface area contributed by atoms with Crippen LogP contribution in [0.2, 0.25) is 0 Å². The molecule has 0 unspecified atom stereocenters. The lowest BCUT2D eigenvalue weighted by Gasteiger charge is -2.06. The fraction of sp³-hybridized carbons (Fsp3) is 0.438. The van der Waals surface area contributed by atoms with Gasteiger partial charge in [0.15, 0.2) is 4.34 Å². The third-order valence-corrected chi connectivity index (χ3v) is 5.25. The monoisotopic (exact) mass is 335 g/mol. The number of nitrogens with zero attached hydrogens (tertiary/aromatic N) is 2. The number of amides is 1. The summed E-state index contributed by atoms with van der Waals surface area (Å²) in [6.45, 7) is 6.43. The lowest BCUT2D eigenvalue weighted by Crippen LogP contribution is -2.11. The van der Waals surface area contributed by atoms with Gasteiger partial charge in [-0.15, -0.1) is 10.2 Å². The van der Waals surface area contributed by atoms with E-state index in [0.717, 1.165) is 16.5 Å². The molecule has 4 nitrogen and oxygen atoms in total. The van der Waals surface area contributed by atoms with E-state index in [4.69, 9.17) is 0 Å². The molecule has 1 amide bonds. The first kappa shape index (κ1) is 17.0. The van der Waals surface area contributed by atoms with E-state index in [9.17, 15) is 4.79 Å². The number of nitrogens with one attached hydrogen (secondary N) is 1. The number of hydrogen-bond acceptors (Lipinski definition) is 5. The van der Waals surface area contributed by atoms with Gasteiger partial charge in [-0.2, -0.15) is 0 Å². The normalized spacial score (nSPS) is 10.9. The van der Waals surface area contributed by atoms with Crippen LogP contribution in [0.15, 0.2) is 28.6 Å². The van der Waals surface area contributed by atoms with Gasteiger partial charge in [-0.1, -0.05) is 62.4 Å². The van der Waals surface area contributed by atoms with Crippen LogP contribution in [0.4, 0.5) is 5.13 Å². The maximum absolute atomic E-state index is 12.2. The molecular formula is C16H21N3OS2. The highest BCUT2D eigenvalue weighted by atomic mass is 32.2. The molecule has 22 heavy (non-hydrogen) atoms. The molecule has 1 heterocycles. The van der Waals surface area contributed by atoms with Crippen molar-refractivity contribution in [3.63, 3.8) is 0 Å². The van der Waals surface area contributed by atoms with Gasteiger partial charge in [0.2, 0.25) is 5.13 Å². The Morgan fingerprint density at radius 1 is 1.27 bits per heavy atom. The van der Waals surface area contributed by atoms with Crippen LogP contribution in [0.3, 0.4) is 0 Å². The zero-order valence-corrected chi connectivity index (χ0v) is 14.8. The van der Waals surface area contributed by atoms with Crippen molar-refractivity contribution in [3.8, 4) is 0 Å². The van der Waals surface area contributed by atoms with E-state index in [1.807, 2.05) is 24.3 Å². The maximum atomic E-state index is 12.2. The summed E-state index contributed by atoms with van der Waals surface area (Å²) in [5.41, 5.74) is 1.86. The zero-order chi connectivity index (χ0) is 15.9. The smallest absolute Gasteiger partial charge is 0.257 e. The van der Waals surface area contributed by atoms with Gasteiger partial charge in [-0.05, 0) is 30.0 Å². The highest BCUT2D eigenvalue weighted by molar-refractivity contribution is 8.01. The lowest BCUT2D eigenvalue weighted by atomic mass is 10.0. The highest BCUT2D eigenvalue weighted by Gasteiger charge is 2.11. The van der Waals surface area contributed by atoms with Crippen molar-refractivity contribution in [2.24, 2.45) is 0 Å². The van der Waals surface area contributed by atoms with Gasteiger partial charge in [0.1, 0.15) is 0 Å². The molecule has 1 N–H and O–H groups in total. The largest absolute Gasteiger partial charge is 0.296 e. The van der Waals surface area contributed by atoms with Crippen molar-refractivity contribution in [2.75, 3.05) is 11.1 Å². The molecule has 118 valence electrons. The molecule has 0 radical (unpaired) electrons. The van der Waals surface area contributed by atoms with Crippen LogP contribution >= 0.6 is 23.1 Å². The molecule has 1 aromatic heterocycles. The van der Waals surface area contributed by atoms with E-state index in [1.165, 1.54) is 23.3 Å². The second kappa shape index (κ2) is 8.29. The molecule has 0 fully saturated rings. The van der Waals surface area contributed by atoms with Gasteiger partial charge < -0.3 is 0 Å². The Morgan fingerprint density at radius 2 is 2.00 bits per heavy atom. The van der Waals surface area contributed by atoms with Crippen LogP contribution in [0.1, 0.15) is 55.5 Å². The lowest BCUT2D eigenvalue weighted by molar-refractivity contribution is 0.102. The number of carbonyl (C=O) groups excluding carboxylic acids is 1. The van der Waals surface area contributed by atoms with E-state index in [-0.39, 0.29) is 5.91 Å². The second-order valence-electron chi connectivity index (χ2n) is 5.31. The van der Waals surface area contributed by atoms with Crippen LogP contribution < -0.4 is 5.32 Å². The molecule has 2 rings (SSSR count). The van der Waals surface area contributed by atoms with Crippen molar-refractivity contribution in [3.05, 3.63) is 35.4 Å². The highest BCUT2D eigenvalue weighted by Crippen LogP contribution is 2.26. The second-order valence-corrected chi connectivity index (χ2v) is 7.63. The number of benzene rings is 1. The third kappa shape index (κ3) is 4.81. The van der Waals surface area contributed by atoms with E-state index in [2.05, 4.69) is 36.3 Å². The zero-order valence-electron chi connectivity index (χ0n) is 13.1. The summed E-state index contributed by atoms with van der Waals surface area (Å²) in [5.74, 6) is 1.36.